The number of fused-ring (bicyclic) bond motifs is 4. The van der Waals surface area contributed by atoms with Gasteiger partial charge in [0.2, 0.25) is 11.8 Å². The Kier molecular flexibility index (Phi) is 4.99. The molecule has 0 aromatic carbocycles. The quantitative estimate of drug-likeness (QED) is 0.761. The lowest BCUT2D eigenvalue weighted by molar-refractivity contribution is -0.140. The van der Waals surface area contributed by atoms with E-state index in [2.05, 4.69) is 5.16 Å². The highest BCUT2D eigenvalue weighted by molar-refractivity contribution is 7.99. The van der Waals surface area contributed by atoms with Gasteiger partial charge >= 0.3 is 0 Å². The van der Waals surface area contributed by atoms with Crippen LogP contribution in [0.25, 0.3) is 0 Å². The van der Waals surface area contributed by atoms with Gasteiger partial charge in [0.15, 0.2) is 0 Å². The predicted octanol–water partition coefficient (Wildman–Crippen LogP) is 2.38. The van der Waals surface area contributed by atoms with Crippen LogP contribution in [0.15, 0.2) is 4.52 Å². The Labute approximate surface area is 158 Å². The summed E-state index contributed by atoms with van der Waals surface area (Å²) in [6.07, 6.45) is 4.50. The van der Waals surface area contributed by atoms with Crippen molar-refractivity contribution in [1.29, 1.82) is 0 Å². The molecular formula is C19H27N3O3S. The molecule has 142 valence electrons. The summed E-state index contributed by atoms with van der Waals surface area (Å²) in [4.78, 5) is 29.5. The molecule has 2 bridgehead atoms. The van der Waals surface area contributed by atoms with Gasteiger partial charge < -0.3 is 14.3 Å². The molecule has 3 aliphatic heterocycles. The fraction of sp³-hybridized carbons (Fsp3) is 0.737. The number of amides is 2. The molecule has 4 fully saturated rings. The van der Waals surface area contributed by atoms with Crippen LogP contribution in [0.4, 0.5) is 0 Å². The van der Waals surface area contributed by atoms with E-state index >= 15 is 0 Å². The third-order valence-corrected chi connectivity index (χ3v) is 7.09. The molecule has 26 heavy (non-hydrogen) atoms. The Balaban J connectivity index is 1.43. The van der Waals surface area contributed by atoms with Crippen LogP contribution in [-0.2, 0) is 16.1 Å². The molecule has 2 unspecified atom stereocenters. The van der Waals surface area contributed by atoms with Crippen molar-refractivity contribution < 1.29 is 14.1 Å². The van der Waals surface area contributed by atoms with Gasteiger partial charge in [-0.05, 0) is 51.2 Å². The van der Waals surface area contributed by atoms with Crippen molar-refractivity contribution in [1.82, 2.24) is 15.0 Å². The third kappa shape index (κ3) is 3.63. The number of carbonyl (C=O) groups excluding carboxylic acids is 2. The van der Waals surface area contributed by atoms with Crippen LogP contribution in [0.3, 0.4) is 0 Å². The second kappa shape index (κ2) is 7.25. The summed E-state index contributed by atoms with van der Waals surface area (Å²) >= 11 is 1.75. The highest BCUT2D eigenvalue weighted by Crippen LogP contribution is 2.34. The minimum absolute atomic E-state index is 0.0633. The van der Waals surface area contributed by atoms with E-state index in [1.165, 1.54) is 12.8 Å². The van der Waals surface area contributed by atoms with Crippen LogP contribution in [-0.4, -0.2) is 57.4 Å². The first kappa shape index (κ1) is 17.9. The molecule has 2 amide bonds. The van der Waals surface area contributed by atoms with E-state index in [1.807, 2.05) is 23.6 Å². The largest absolute Gasteiger partial charge is 0.361 e. The van der Waals surface area contributed by atoms with E-state index in [0.29, 0.717) is 25.4 Å². The second-order valence-electron chi connectivity index (χ2n) is 7.95. The molecule has 3 saturated heterocycles. The zero-order valence-electron chi connectivity index (χ0n) is 15.6. The number of aryl methyl sites for hydroxylation is 2. The summed E-state index contributed by atoms with van der Waals surface area (Å²) in [5.74, 6) is 3.57. The molecule has 5 rings (SSSR count). The lowest BCUT2D eigenvalue weighted by Crippen LogP contribution is -2.47. The minimum atomic E-state index is -0.0633. The first-order valence-corrected chi connectivity index (χ1v) is 10.8. The fourth-order valence-electron chi connectivity index (χ4n) is 4.04. The van der Waals surface area contributed by atoms with Gasteiger partial charge in [-0.15, -0.1) is 0 Å². The van der Waals surface area contributed by atoms with Crippen LogP contribution >= 0.6 is 11.8 Å². The van der Waals surface area contributed by atoms with Gasteiger partial charge in [0.05, 0.1) is 23.9 Å². The fourth-order valence-corrected chi connectivity index (χ4v) is 5.18. The minimum Gasteiger partial charge on any atom is -0.361 e. The van der Waals surface area contributed by atoms with E-state index in [1.54, 1.807) is 11.8 Å². The number of nitrogens with zero attached hydrogens (tertiary/aromatic N) is 3. The number of carbonyl (C=O) groups is 2. The van der Waals surface area contributed by atoms with Crippen molar-refractivity contribution in [2.75, 3.05) is 24.6 Å². The van der Waals surface area contributed by atoms with Gasteiger partial charge in [-0.2, -0.15) is 11.8 Å². The van der Waals surface area contributed by atoms with Crippen molar-refractivity contribution in [2.45, 2.75) is 52.1 Å². The molecule has 2 atom stereocenters. The maximum Gasteiger partial charge on any atom is 0.232 e. The second-order valence-corrected chi connectivity index (χ2v) is 8.98. The molecule has 4 heterocycles. The lowest BCUT2D eigenvalue weighted by Gasteiger charge is -2.35. The maximum atomic E-state index is 13.0. The monoisotopic (exact) mass is 377 g/mol. The molecular weight excluding hydrogens is 350 g/mol. The molecule has 0 radical (unpaired) electrons. The Hall–Kier alpha value is -1.50. The van der Waals surface area contributed by atoms with Crippen LogP contribution < -0.4 is 0 Å². The van der Waals surface area contributed by atoms with Crippen molar-refractivity contribution in [2.24, 2.45) is 11.8 Å². The van der Waals surface area contributed by atoms with Gasteiger partial charge in [-0.1, -0.05) is 5.16 Å². The molecule has 1 aromatic heterocycles. The molecule has 6 nitrogen and oxygen atoms in total. The molecule has 7 heteroatoms. The number of hydrogen-bond acceptors (Lipinski definition) is 5. The maximum absolute atomic E-state index is 13.0. The van der Waals surface area contributed by atoms with E-state index in [9.17, 15) is 9.59 Å². The summed E-state index contributed by atoms with van der Waals surface area (Å²) < 4.78 is 5.26. The molecule has 0 N–H and O–H groups in total. The van der Waals surface area contributed by atoms with Crippen molar-refractivity contribution in [3.8, 4) is 0 Å². The van der Waals surface area contributed by atoms with Crippen molar-refractivity contribution in [3.63, 3.8) is 0 Å². The van der Waals surface area contributed by atoms with Crippen LogP contribution in [0.1, 0.15) is 42.7 Å². The molecule has 4 aliphatic rings. The zero-order chi connectivity index (χ0) is 18.3. The van der Waals surface area contributed by atoms with Crippen molar-refractivity contribution >= 4 is 23.6 Å². The predicted molar refractivity (Wildman–Crippen MR) is 99.7 cm³/mol. The van der Waals surface area contributed by atoms with E-state index < -0.39 is 0 Å². The summed E-state index contributed by atoms with van der Waals surface area (Å²) in [5.41, 5.74) is 1.85. The van der Waals surface area contributed by atoms with Crippen LogP contribution in [0.5, 0.6) is 0 Å². The Morgan fingerprint density at radius 3 is 2.73 bits per heavy atom. The molecule has 1 aromatic rings. The molecule has 1 aliphatic carbocycles. The summed E-state index contributed by atoms with van der Waals surface area (Å²) in [7, 11) is 0. The number of aromatic nitrogens is 1. The topological polar surface area (TPSA) is 66.7 Å². The SMILES string of the molecule is Cc1noc(C)c1CN1C(=O)C2CCC1CN(C(=O)CSCC1CC1)C2. The average Bonchev–Trinajstić information content (AvgIpc) is 3.42. The van der Waals surface area contributed by atoms with Crippen molar-refractivity contribution in [3.05, 3.63) is 17.0 Å². The Morgan fingerprint density at radius 1 is 1.23 bits per heavy atom. The Bertz CT molecular complexity index is 681. The summed E-state index contributed by atoms with van der Waals surface area (Å²) in [6.45, 7) is 5.59. The van der Waals surface area contributed by atoms with E-state index in [0.717, 1.165) is 41.5 Å². The van der Waals surface area contributed by atoms with Gasteiger partial charge in [0.25, 0.3) is 0 Å². The lowest BCUT2D eigenvalue weighted by atomic mass is 9.93. The highest BCUT2D eigenvalue weighted by Gasteiger charge is 2.42. The van der Waals surface area contributed by atoms with Gasteiger partial charge in [0.1, 0.15) is 5.76 Å². The number of hydrogen-bond donors (Lipinski definition) is 0. The zero-order valence-corrected chi connectivity index (χ0v) is 16.4. The van der Waals surface area contributed by atoms with Gasteiger partial charge in [-0.3, -0.25) is 9.59 Å². The molecule has 1 saturated carbocycles. The van der Waals surface area contributed by atoms with Crippen LogP contribution in [0, 0.1) is 25.7 Å². The smallest absolute Gasteiger partial charge is 0.232 e. The number of thioether (sulfide) groups is 1. The first-order chi connectivity index (χ1) is 12.5. The standard InChI is InChI=1S/C19H27N3O3S/c1-12-17(13(2)25-20-12)9-22-16-6-5-15(19(22)24)7-21(8-16)18(23)11-26-10-14-3-4-14/h14-16H,3-11H2,1-2H3. The first-order valence-electron chi connectivity index (χ1n) is 9.60. The summed E-state index contributed by atoms with van der Waals surface area (Å²) in [5, 5.41) is 4.01. The average molecular weight is 378 g/mol. The van der Waals surface area contributed by atoms with Gasteiger partial charge in [0, 0.05) is 24.7 Å². The van der Waals surface area contributed by atoms with E-state index in [4.69, 9.17) is 4.52 Å². The van der Waals surface area contributed by atoms with Crippen LogP contribution in [0.2, 0.25) is 0 Å². The number of rotatable bonds is 6. The normalized spacial score (nSPS) is 25.7. The number of piperidine rings is 1. The van der Waals surface area contributed by atoms with Gasteiger partial charge in [-0.25, -0.2) is 0 Å². The highest BCUT2D eigenvalue weighted by atomic mass is 32.2. The Morgan fingerprint density at radius 2 is 2.04 bits per heavy atom. The van der Waals surface area contributed by atoms with E-state index in [-0.39, 0.29) is 23.8 Å². The summed E-state index contributed by atoms with van der Waals surface area (Å²) in [6, 6.07) is 0.104. The third-order valence-electron chi connectivity index (χ3n) is 5.93. The molecule has 0 spiro atoms.